The zero-order valence-electron chi connectivity index (χ0n) is 16.6. The van der Waals surface area contributed by atoms with Crippen molar-refractivity contribution >= 4 is 35.1 Å². The predicted molar refractivity (Wildman–Crippen MR) is 112 cm³/mol. The van der Waals surface area contributed by atoms with Gasteiger partial charge in [0, 0.05) is 11.1 Å². The molecule has 0 amide bonds. The quantitative estimate of drug-likeness (QED) is 0.239. The summed E-state index contributed by atoms with van der Waals surface area (Å²) in [6, 6.07) is 4.72. The summed E-state index contributed by atoms with van der Waals surface area (Å²) in [5, 5.41) is 0.751. The highest BCUT2D eigenvalue weighted by Gasteiger charge is 2.38. The van der Waals surface area contributed by atoms with Gasteiger partial charge in [-0.3, -0.25) is 9.59 Å². The lowest BCUT2D eigenvalue weighted by Crippen LogP contribution is -2.36. The Labute approximate surface area is 177 Å². The highest BCUT2D eigenvalue weighted by Crippen LogP contribution is 2.34. The van der Waals surface area contributed by atoms with E-state index in [-0.39, 0.29) is 11.7 Å². The molecule has 28 heavy (non-hydrogen) atoms. The van der Waals surface area contributed by atoms with Gasteiger partial charge in [-0.2, -0.15) is 0 Å². The highest BCUT2D eigenvalue weighted by atomic mass is 35.5. The van der Waals surface area contributed by atoms with E-state index in [4.69, 9.17) is 32.7 Å². The number of benzene rings is 1. The number of rotatable bonds is 10. The van der Waals surface area contributed by atoms with Gasteiger partial charge in [-0.15, -0.1) is 0 Å². The van der Waals surface area contributed by atoms with Crippen LogP contribution in [0.1, 0.15) is 71.1 Å². The van der Waals surface area contributed by atoms with Gasteiger partial charge in [0.15, 0.2) is 5.75 Å². The van der Waals surface area contributed by atoms with Gasteiger partial charge in [0.1, 0.15) is 0 Å². The molecule has 0 bridgehead atoms. The number of ether oxygens (including phenoxy) is 2. The van der Waals surface area contributed by atoms with Gasteiger partial charge in [-0.05, 0) is 31.4 Å². The van der Waals surface area contributed by atoms with Gasteiger partial charge in [0.05, 0.1) is 23.5 Å². The molecule has 6 heteroatoms. The summed E-state index contributed by atoms with van der Waals surface area (Å²) >= 11 is 12.0. The van der Waals surface area contributed by atoms with Crippen molar-refractivity contribution < 1.29 is 19.1 Å². The normalized spacial score (nSPS) is 19.2. The summed E-state index contributed by atoms with van der Waals surface area (Å²) in [5.74, 6) is -1.44. The van der Waals surface area contributed by atoms with Crippen LogP contribution in [0.5, 0.6) is 5.75 Å². The summed E-state index contributed by atoms with van der Waals surface area (Å²) in [6.07, 6.45) is 9.88. The van der Waals surface area contributed by atoms with Crippen LogP contribution in [0.3, 0.4) is 0 Å². The molecule has 1 aliphatic rings. The van der Waals surface area contributed by atoms with Crippen molar-refractivity contribution in [3.63, 3.8) is 0 Å². The number of carbonyl (C=O) groups excluding carboxylic acids is 2. The fourth-order valence-electron chi connectivity index (χ4n) is 3.60. The van der Waals surface area contributed by atoms with Gasteiger partial charge >= 0.3 is 11.9 Å². The summed E-state index contributed by atoms with van der Waals surface area (Å²) in [5.41, 5.74) is 0. The molecule has 0 saturated heterocycles. The second-order valence-corrected chi connectivity index (χ2v) is 8.27. The van der Waals surface area contributed by atoms with Crippen molar-refractivity contribution in [3.05, 3.63) is 28.2 Å². The Bertz CT molecular complexity index is 647. The standard InChI is InChI=1S/C22H30Cl2O4/c1-2-3-4-5-6-9-14-27-21(25)17-10-7-8-11-18(17)22(26)28-20-15-16(23)12-13-19(20)24/h12-13,15,17-18H,2-11,14H2,1H3. The SMILES string of the molecule is CCCCCCCCOC(=O)C1CCCCC1C(=O)Oc1cc(Cl)ccc1Cl. The van der Waals surface area contributed by atoms with E-state index in [1.807, 2.05) is 0 Å². The van der Waals surface area contributed by atoms with Crippen LogP contribution >= 0.6 is 23.2 Å². The molecule has 0 spiro atoms. The van der Waals surface area contributed by atoms with Gasteiger partial charge < -0.3 is 9.47 Å². The third-order valence-electron chi connectivity index (χ3n) is 5.22. The zero-order chi connectivity index (χ0) is 20.4. The van der Waals surface area contributed by atoms with Crippen LogP contribution in [-0.4, -0.2) is 18.5 Å². The molecular weight excluding hydrogens is 399 g/mol. The molecule has 0 radical (unpaired) electrons. The minimum absolute atomic E-state index is 0.226. The molecule has 156 valence electrons. The van der Waals surface area contributed by atoms with Crippen LogP contribution in [0.4, 0.5) is 0 Å². The van der Waals surface area contributed by atoms with E-state index in [1.165, 1.54) is 31.7 Å². The molecule has 2 unspecified atom stereocenters. The largest absolute Gasteiger partial charge is 0.465 e. The molecule has 1 saturated carbocycles. The van der Waals surface area contributed by atoms with E-state index >= 15 is 0 Å². The molecule has 4 nitrogen and oxygen atoms in total. The number of hydrogen-bond donors (Lipinski definition) is 0. The lowest BCUT2D eigenvalue weighted by Gasteiger charge is -2.28. The van der Waals surface area contributed by atoms with E-state index in [9.17, 15) is 9.59 Å². The van der Waals surface area contributed by atoms with E-state index in [0.717, 1.165) is 25.7 Å². The Hall–Kier alpha value is -1.26. The van der Waals surface area contributed by atoms with Crippen molar-refractivity contribution in [1.29, 1.82) is 0 Å². The van der Waals surface area contributed by atoms with Crippen LogP contribution < -0.4 is 4.74 Å². The summed E-state index contributed by atoms with van der Waals surface area (Å²) in [7, 11) is 0. The molecule has 0 aromatic heterocycles. The Kier molecular flexibility index (Phi) is 10.1. The Morgan fingerprint density at radius 1 is 0.964 bits per heavy atom. The van der Waals surface area contributed by atoms with E-state index in [1.54, 1.807) is 12.1 Å². The second-order valence-electron chi connectivity index (χ2n) is 7.43. The highest BCUT2D eigenvalue weighted by molar-refractivity contribution is 6.34. The zero-order valence-corrected chi connectivity index (χ0v) is 18.1. The van der Waals surface area contributed by atoms with Crippen LogP contribution in [0.25, 0.3) is 0 Å². The average molecular weight is 429 g/mol. The summed E-state index contributed by atoms with van der Waals surface area (Å²) in [4.78, 5) is 25.2. The van der Waals surface area contributed by atoms with E-state index < -0.39 is 17.8 Å². The molecule has 2 rings (SSSR count). The van der Waals surface area contributed by atoms with Crippen molar-refractivity contribution in [2.45, 2.75) is 71.1 Å². The Balaban J connectivity index is 1.85. The fourth-order valence-corrected chi connectivity index (χ4v) is 3.91. The maximum Gasteiger partial charge on any atom is 0.315 e. The number of carbonyl (C=O) groups is 2. The first kappa shape index (κ1) is 23.0. The van der Waals surface area contributed by atoms with Crippen LogP contribution in [0.2, 0.25) is 10.0 Å². The van der Waals surface area contributed by atoms with E-state index in [2.05, 4.69) is 6.92 Å². The van der Waals surface area contributed by atoms with Crippen LogP contribution in [0.15, 0.2) is 18.2 Å². The molecule has 0 N–H and O–H groups in total. The number of esters is 2. The second kappa shape index (κ2) is 12.3. The molecule has 2 atom stereocenters. The predicted octanol–water partition coefficient (Wildman–Crippen LogP) is 6.61. The lowest BCUT2D eigenvalue weighted by molar-refractivity contribution is -0.158. The van der Waals surface area contributed by atoms with Crippen molar-refractivity contribution in [3.8, 4) is 5.75 Å². The third kappa shape index (κ3) is 7.29. The van der Waals surface area contributed by atoms with Crippen molar-refractivity contribution in [2.75, 3.05) is 6.61 Å². The third-order valence-corrected chi connectivity index (χ3v) is 5.76. The molecule has 1 aromatic rings. The first-order chi connectivity index (χ1) is 13.5. The maximum absolute atomic E-state index is 12.7. The Morgan fingerprint density at radius 2 is 1.61 bits per heavy atom. The maximum atomic E-state index is 12.7. The van der Waals surface area contributed by atoms with Crippen molar-refractivity contribution in [2.24, 2.45) is 11.8 Å². The topological polar surface area (TPSA) is 52.6 Å². The van der Waals surface area contributed by atoms with Gasteiger partial charge in [0.2, 0.25) is 0 Å². The molecule has 1 aliphatic carbocycles. The summed E-state index contributed by atoms with van der Waals surface area (Å²) in [6.45, 7) is 2.61. The van der Waals surface area contributed by atoms with E-state index in [0.29, 0.717) is 29.5 Å². The number of hydrogen-bond acceptors (Lipinski definition) is 4. The fraction of sp³-hybridized carbons (Fsp3) is 0.636. The minimum Gasteiger partial charge on any atom is -0.465 e. The smallest absolute Gasteiger partial charge is 0.315 e. The molecular formula is C22H30Cl2O4. The summed E-state index contributed by atoms with van der Waals surface area (Å²) < 4.78 is 10.9. The minimum atomic E-state index is -0.499. The first-order valence-corrected chi connectivity index (χ1v) is 11.1. The van der Waals surface area contributed by atoms with Crippen LogP contribution in [0, 0.1) is 11.8 Å². The molecule has 1 aromatic carbocycles. The molecule has 0 heterocycles. The monoisotopic (exact) mass is 428 g/mol. The van der Waals surface area contributed by atoms with Crippen molar-refractivity contribution in [1.82, 2.24) is 0 Å². The average Bonchev–Trinajstić information content (AvgIpc) is 2.70. The first-order valence-electron chi connectivity index (χ1n) is 10.4. The van der Waals surface area contributed by atoms with Gasteiger partial charge in [-0.1, -0.05) is 75.1 Å². The van der Waals surface area contributed by atoms with Crippen LogP contribution in [-0.2, 0) is 14.3 Å². The molecule has 0 aliphatic heterocycles. The Morgan fingerprint density at radius 3 is 2.32 bits per heavy atom. The van der Waals surface area contributed by atoms with Gasteiger partial charge in [0.25, 0.3) is 0 Å². The number of unbranched alkanes of at least 4 members (excludes halogenated alkanes) is 5. The van der Waals surface area contributed by atoms with Gasteiger partial charge in [-0.25, -0.2) is 0 Å². The lowest BCUT2D eigenvalue weighted by atomic mass is 9.79. The number of halogens is 2. The molecule has 1 fully saturated rings.